The summed E-state index contributed by atoms with van der Waals surface area (Å²) in [6, 6.07) is 9.92. The smallest absolute Gasteiger partial charge is 0.270 e. The molecule has 0 fully saturated rings. The van der Waals surface area contributed by atoms with Gasteiger partial charge in [0, 0.05) is 45.7 Å². The number of ether oxygens (including phenoxy) is 1. The number of nitro benzene ring substituents is 1. The van der Waals surface area contributed by atoms with Crippen LogP contribution in [0, 0.1) is 10.1 Å². The third-order valence-electron chi connectivity index (χ3n) is 4.44. The van der Waals surface area contributed by atoms with Crippen LogP contribution in [0.1, 0.15) is 28.4 Å². The van der Waals surface area contributed by atoms with Gasteiger partial charge in [-0.2, -0.15) is 0 Å². The molecule has 8 heteroatoms. The van der Waals surface area contributed by atoms with Crippen molar-refractivity contribution in [2.24, 2.45) is 0 Å². The van der Waals surface area contributed by atoms with E-state index < -0.39 is 4.92 Å². The zero-order valence-electron chi connectivity index (χ0n) is 13.5. The third-order valence-corrected chi connectivity index (χ3v) is 4.93. The third kappa shape index (κ3) is 2.92. The average Bonchev–Trinajstić information content (AvgIpc) is 3.05. The number of halogens is 1. The predicted molar refractivity (Wildman–Crippen MR) is 99.4 cm³/mol. The predicted octanol–water partition coefficient (Wildman–Crippen LogP) is 4.09. The summed E-state index contributed by atoms with van der Waals surface area (Å²) in [6.07, 6.45) is 2.22. The maximum Gasteiger partial charge on any atom is 0.270 e. The number of aromatic amines is 1. The minimum atomic E-state index is -0.472. The molecule has 3 aromatic rings. The van der Waals surface area contributed by atoms with Crippen LogP contribution in [0.25, 0.3) is 10.9 Å². The Morgan fingerprint density at radius 1 is 1.31 bits per heavy atom. The molecule has 4 rings (SSSR count). The second kappa shape index (κ2) is 6.45. The molecule has 0 aliphatic carbocycles. The monoisotopic (exact) mass is 415 g/mol. The van der Waals surface area contributed by atoms with E-state index in [0.29, 0.717) is 29.5 Å². The van der Waals surface area contributed by atoms with Crippen molar-refractivity contribution in [1.29, 1.82) is 0 Å². The molecule has 0 bridgehead atoms. The minimum absolute atomic E-state index is 0.0495. The van der Waals surface area contributed by atoms with Gasteiger partial charge in [-0.25, -0.2) is 0 Å². The number of carbonyl (C=O) groups excluding carboxylic acids is 1. The van der Waals surface area contributed by atoms with E-state index in [2.05, 4.69) is 26.2 Å². The molecule has 132 valence electrons. The Labute approximate surface area is 156 Å². The van der Waals surface area contributed by atoms with Crippen molar-refractivity contribution in [3.8, 4) is 5.75 Å². The molecule has 7 nitrogen and oxygen atoms in total. The second-order valence-electron chi connectivity index (χ2n) is 6.03. The maximum absolute atomic E-state index is 12.8. The fourth-order valence-corrected chi connectivity index (χ4v) is 3.54. The average molecular weight is 416 g/mol. The van der Waals surface area contributed by atoms with Gasteiger partial charge < -0.3 is 15.0 Å². The van der Waals surface area contributed by atoms with E-state index in [9.17, 15) is 14.9 Å². The molecule has 26 heavy (non-hydrogen) atoms. The van der Waals surface area contributed by atoms with Gasteiger partial charge in [0.05, 0.1) is 23.1 Å². The Hall–Kier alpha value is -2.87. The van der Waals surface area contributed by atoms with Gasteiger partial charge in [0.25, 0.3) is 11.6 Å². The topological polar surface area (TPSA) is 97.3 Å². The van der Waals surface area contributed by atoms with Crippen LogP contribution < -0.4 is 10.1 Å². The van der Waals surface area contributed by atoms with Crippen molar-refractivity contribution in [3.63, 3.8) is 0 Å². The van der Waals surface area contributed by atoms with Gasteiger partial charge in [-0.15, -0.1) is 0 Å². The first-order valence-corrected chi connectivity index (χ1v) is 8.81. The van der Waals surface area contributed by atoms with E-state index >= 15 is 0 Å². The number of benzene rings is 2. The number of hydrogen-bond donors (Lipinski definition) is 2. The second-order valence-corrected chi connectivity index (χ2v) is 6.95. The number of fused-ring (bicyclic) bond motifs is 2. The first kappa shape index (κ1) is 16.6. The summed E-state index contributed by atoms with van der Waals surface area (Å²) in [7, 11) is 0. The molecule has 2 aromatic carbocycles. The number of carbonyl (C=O) groups is 1. The normalized spacial score (nSPS) is 16.0. The zero-order valence-corrected chi connectivity index (χ0v) is 15.1. The van der Waals surface area contributed by atoms with Crippen LogP contribution in [-0.4, -0.2) is 22.4 Å². The Balaban J connectivity index is 1.66. The Morgan fingerprint density at radius 2 is 2.15 bits per heavy atom. The molecule has 2 heterocycles. The van der Waals surface area contributed by atoms with Gasteiger partial charge in [0.1, 0.15) is 5.75 Å². The molecular formula is C18H14BrN3O4. The van der Waals surface area contributed by atoms with Gasteiger partial charge in [0.2, 0.25) is 0 Å². The lowest BCUT2D eigenvalue weighted by Gasteiger charge is -2.26. The lowest BCUT2D eigenvalue weighted by atomic mass is 10.00. The van der Waals surface area contributed by atoms with Crippen molar-refractivity contribution >= 4 is 38.4 Å². The molecule has 1 aromatic heterocycles. The Bertz CT molecular complexity index is 1030. The Kier molecular flexibility index (Phi) is 4.12. The fourth-order valence-electron chi connectivity index (χ4n) is 3.16. The van der Waals surface area contributed by atoms with Crippen LogP contribution in [0.4, 0.5) is 5.69 Å². The summed E-state index contributed by atoms with van der Waals surface area (Å²) in [5.41, 5.74) is 1.92. The van der Waals surface area contributed by atoms with Gasteiger partial charge in [-0.3, -0.25) is 14.9 Å². The molecule has 1 atom stereocenters. The number of nitro groups is 1. The largest absolute Gasteiger partial charge is 0.493 e. The standard InChI is InChI=1S/C18H14BrN3O4/c19-10-1-4-17-13(7-10)16(5-6-26-17)21-18(23)14-9-20-15-3-2-11(22(24)25)8-12(14)15/h1-4,7-9,16,20H,5-6H2,(H,21,23). The number of hydrogen-bond acceptors (Lipinski definition) is 4. The molecule has 1 aliphatic heterocycles. The molecule has 1 unspecified atom stereocenters. The van der Waals surface area contributed by atoms with Crippen LogP contribution in [0.15, 0.2) is 47.1 Å². The SMILES string of the molecule is O=C(NC1CCOc2ccc(Br)cc21)c1c[nH]c2ccc([N+](=O)[O-])cc12. The molecular weight excluding hydrogens is 402 g/mol. The highest BCUT2D eigenvalue weighted by Crippen LogP contribution is 2.34. The van der Waals surface area contributed by atoms with E-state index in [4.69, 9.17) is 4.74 Å². The van der Waals surface area contributed by atoms with Crippen LogP contribution in [0.2, 0.25) is 0 Å². The van der Waals surface area contributed by atoms with E-state index in [-0.39, 0.29) is 17.6 Å². The molecule has 0 saturated heterocycles. The van der Waals surface area contributed by atoms with Crippen molar-refractivity contribution in [2.45, 2.75) is 12.5 Å². The van der Waals surface area contributed by atoms with Crippen molar-refractivity contribution in [3.05, 3.63) is 68.3 Å². The fraction of sp³-hybridized carbons (Fsp3) is 0.167. The zero-order chi connectivity index (χ0) is 18.3. The molecule has 0 spiro atoms. The van der Waals surface area contributed by atoms with Crippen molar-refractivity contribution in [1.82, 2.24) is 10.3 Å². The number of non-ortho nitro benzene ring substituents is 1. The van der Waals surface area contributed by atoms with Crippen LogP contribution in [0.5, 0.6) is 5.75 Å². The lowest BCUT2D eigenvalue weighted by Crippen LogP contribution is -2.32. The highest BCUT2D eigenvalue weighted by atomic mass is 79.9. The minimum Gasteiger partial charge on any atom is -0.493 e. The summed E-state index contributed by atoms with van der Waals surface area (Å²) in [5.74, 6) is 0.467. The summed E-state index contributed by atoms with van der Waals surface area (Å²) in [6.45, 7) is 0.513. The molecule has 0 saturated carbocycles. The summed E-state index contributed by atoms with van der Waals surface area (Å²) >= 11 is 3.44. The first-order chi connectivity index (χ1) is 12.5. The molecule has 0 radical (unpaired) electrons. The summed E-state index contributed by atoms with van der Waals surface area (Å²) in [4.78, 5) is 26.3. The van der Waals surface area contributed by atoms with Gasteiger partial charge >= 0.3 is 0 Å². The number of amides is 1. The summed E-state index contributed by atoms with van der Waals surface area (Å²) in [5, 5.41) is 14.6. The van der Waals surface area contributed by atoms with Crippen molar-refractivity contribution in [2.75, 3.05) is 6.61 Å². The molecule has 1 amide bonds. The van der Waals surface area contributed by atoms with Gasteiger partial charge in [-0.05, 0) is 24.3 Å². The van der Waals surface area contributed by atoms with Crippen molar-refractivity contribution < 1.29 is 14.5 Å². The van der Waals surface area contributed by atoms with Gasteiger partial charge in [-0.1, -0.05) is 15.9 Å². The highest BCUT2D eigenvalue weighted by molar-refractivity contribution is 9.10. The number of nitrogens with one attached hydrogen (secondary N) is 2. The highest BCUT2D eigenvalue weighted by Gasteiger charge is 2.25. The number of aromatic nitrogens is 1. The quantitative estimate of drug-likeness (QED) is 0.497. The first-order valence-electron chi connectivity index (χ1n) is 8.01. The number of rotatable bonds is 3. The maximum atomic E-state index is 12.8. The summed E-state index contributed by atoms with van der Waals surface area (Å²) < 4.78 is 6.55. The van der Waals surface area contributed by atoms with Crippen LogP contribution in [-0.2, 0) is 0 Å². The lowest BCUT2D eigenvalue weighted by molar-refractivity contribution is -0.384. The van der Waals surface area contributed by atoms with Gasteiger partial charge in [0.15, 0.2) is 0 Å². The van der Waals surface area contributed by atoms with E-state index in [1.54, 1.807) is 12.3 Å². The van der Waals surface area contributed by atoms with Crippen LogP contribution >= 0.6 is 15.9 Å². The van der Waals surface area contributed by atoms with E-state index in [0.717, 1.165) is 15.8 Å². The molecule has 1 aliphatic rings. The number of nitrogens with zero attached hydrogens (tertiary/aromatic N) is 1. The van der Waals surface area contributed by atoms with E-state index in [1.165, 1.54) is 12.1 Å². The number of H-pyrrole nitrogens is 1. The van der Waals surface area contributed by atoms with E-state index in [1.807, 2.05) is 18.2 Å². The molecule has 2 N–H and O–H groups in total. The Morgan fingerprint density at radius 3 is 2.96 bits per heavy atom. The van der Waals surface area contributed by atoms with Crippen LogP contribution in [0.3, 0.4) is 0 Å².